The third kappa shape index (κ3) is 2.61. The lowest BCUT2D eigenvalue weighted by molar-refractivity contribution is 0.0979. The Bertz CT molecular complexity index is 594. The molecule has 0 radical (unpaired) electrons. The molecule has 1 saturated heterocycles. The number of likely N-dealkylation sites (N-methyl/N-ethyl adjacent to an activating group) is 1. The molecule has 2 aliphatic rings. The van der Waals surface area contributed by atoms with Gasteiger partial charge in [0.25, 0.3) is 0 Å². The fourth-order valence-electron chi connectivity index (χ4n) is 2.78. The van der Waals surface area contributed by atoms with E-state index in [1.54, 1.807) is 19.2 Å². The van der Waals surface area contributed by atoms with Crippen LogP contribution >= 0.6 is 0 Å². The summed E-state index contributed by atoms with van der Waals surface area (Å²) >= 11 is 0. The molecule has 1 atom stereocenters. The highest BCUT2D eigenvalue weighted by Gasteiger charge is 2.27. The van der Waals surface area contributed by atoms with Crippen LogP contribution in [0.1, 0.15) is 24.0 Å². The fourth-order valence-corrected chi connectivity index (χ4v) is 4.04. The van der Waals surface area contributed by atoms with E-state index in [1.807, 2.05) is 6.07 Å². The first kappa shape index (κ1) is 14.0. The Hall–Kier alpha value is -0.950. The van der Waals surface area contributed by atoms with E-state index in [-0.39, 0.29) is 6.10 Å². The van der Waals surface area contributed by atoms with Crippen LogP contribution in [0, 0.1) is 0 Å². The zero-order valence-corrected chi connectivity index (χ0v) is 12.4. The van der Waals surface area contributed by atoms with Crippen molar-refractivity contribution in [2.24, 2.45) is 0 Å². The van der Waals surface area contributed by atoms with Gasteiger partial charge in [0.2, 0.25) is 10.0 Å². The highest BCUT2D eigenvalue weighted by Crippen LogP contribution is 2.23. The van der Waals surface area contributed by atoms with Gasteiger partial charge in [-0.25, -0.2) is 8.42 Å². The summed E-state index contributed by atoms with van der Waals surface area (Å²) in [6.07, 6.45) is 1.99. The largest absolute Gasteiger partial charge is 0.377 e. The van der Waals surface area contributed by atoms with Crippen LogP contribution in [0.25, 0.3) is 0 Å². The summed E-state index contributed by atoms with van der Waals surface area (Å²) in [5, 5.41) is 3.23. The molecule has 0 spiro atoms. The molecule has 0 bridgehead atoms. The molecule has 1 fully saturated rings. The maximum absolute atomic E-state index is 12.6. The zero-order valence-electron chi connectivity index (χ0n) is 11.6. The normalized spacial score (nSPS) is 22.4. The molecule has 5 nitrogen and oxygen atoms in total. The van der Waals surface area contributed by atoms with Crippen molar-refractivity contribution in [3.8, 4) is 0 Å². The van der Waals surface area contributed by atoms with Crippen molar-refractivity contribution in [3.63, 3.8) is 0 Å². The average Bonchev–Trinajstić information content (AvgIpc) is 3.07. The second-order valence-corrected chi connectivity index (χ2v) is 7.50. The van der Waals surface area contributed by atoms with E-state index in [0.717, 1.165) is 38.1 Å². The summed E-state index contributed by atoms with van der Waals surface area (Å²) in [4.78, 5) is 0.375. The Morgan fingerprint density at radius 2 is 2.15 bits per heavy atom. The number of benzene rings is 1. The van der Waals surface area contributed by atoms with E-state index in [1.165, 1.54) is 9.87 Å². The standard InChI is InChI=1S/C14H20N2O3S/c1-16(10-13-3-2-6-19-13)20(17,18)14-5-4-11-8-15-9-12(11)7-14/h4-5,7,13,15H,2-3,6,8-10H2,1H3. The molecule has 20 heavy (non-hydrogen) atoms. The van der Waals surface area contributed by atoms with Gasteiger partial charge >= 0.3 is 0 Å². The molecular formula is C14H20N2O3S. The smallest absolute Gasteiger partial charge is 0.242 e. The molecule has 2 aliphatic heterocycles. The Balaban J connectivity index is 1.79. The summed E-state index contributed by atoms with van der Waals surface area (Å²) in [7, 11) is -1.80. The minimum Gasteiger partial charge on any atom is -0.377 e. The first-order valence-corrected chi connectivity index (χ1v) is 8.42. The lowest BCUT2D eigenvalue weighted by Gasteiger charge is -2.20. The number of fused-ring (bicyclic) bond motifs is 1. The minimum absolute atomic E-state index is 0.0332. The molecule has 1 aromatic carbocycles. The molecule has 0 amide bonds. The van der Waals surface area contributed by atoms with E-state index in [9.17, 15) is 8.42 Å². The van der Waals surface area contributed by atoms with E-state index in [2.05, 4.69) is 5.32 Å². The summed E-state index contributed by atoms with van der Waals surface area (Å²) in [5.74, 6) is 0. The second kappa shape index (κ2) is 5.44. The van der Waals surface area contributed by atoms with E-state index in [4.69, 9.17) is 4.74 Å². The quantitative estimate of drug-likeness (QED) is 0.903. The van der Waals surface area contributed by atoms with Crippen LogP contribution in [0.2, 0.25) is 0 Å². The van der Waals surface area contributed by atoms with Crippen molar-refractivity contribution in [3.05, 3.63) is 29.3 Å². The molecule has 3 rings (SSSR count). The molecule has 1 unspecified atom stereocenters. The summed E-state index contributed by atoms with van der Waals surface area (Å²) in [6.45, 7) is 2.73. The number of rotatable bonds is 4. The Morgan fingerprint density at radius 1 is 1.35 bits per heavy atom. The molecule has 0 aromatic heterocycles. The van der Waals surface area contributed by atoms with Crippen LogP contribution in [-0.2, 0) is 27.8 Å². The highest BCUT2D eigenvalue weighted by atomic mass is 32.2. The summed E-state index contributed by atoms with van der Waals surface area (Å²) in [6, 6.07) is 5.39. The Labute approximate surface area is 120 Å². The van der Waals surface area contributed by atoms with Crippen LogP contribution in [-0.4, -0.2) is 39.0 Å². The van der Waals surface area contributed by atoms with Crippen LogP contribution in [0.3, 0.4) is 0 Å². The van der Waals surface area contributed by atoms with Crippen molar-refractivity contribution in [2.45, 2.75) is 36.9 Å². The molecule has 6 heteroatoms. The van der Waals surface area contributed by atoms with Gasteiger partial charge in [0.15, 0.2) is 0 Å². The zero-order chi connectivity index (χ0) is 14.2. The number of sulfonamides is 1. The van der Waals surface area contributed by atoms with Gasteiger partial charge in [-0.15, -0.1) is 0 Å². The number of ether oxygens (including phenoxy) is 1. The first-order valence-electron chi connectivity index (χ1n) is 6.98. The monoisotopic (exact) mass is 296 g/mol. The molecule has 110 valence electrons. The SMILES string of the molecule is CN(CC1CCCO1)S(=O)(=O)c1ccc2c(c1)CNC2. The molecule has 2 heterocycles. The van der Waals surface area contributed by atoms with Gasteiger partial charge in [0.05, 0.1) is 11.0 Å². The third-order valence-electron chi connectivity index (χ3n) is 4.00. The highest BCUT2D eigenvalue weighted by molar-refractivity contribution is 7.89. The van der Waals surface area contributed by atoms with E-state index < -0.39 is 10.0 Å². The predicted molar refractivity (Wildman–Crippen MR) is 75.8 cm³/mol. The van der Waals surface area contributed by atoms with E-state index in [0.29, 0.717) is 11.4 Å². The van der Waals surface area contributed by atoms with Crippen LogP contribution in [0.15, 0.2) is 23.1 Å². The minimum atomic E-state index is -3.42. The molecule has 1 N–H and O–H groups in total. The first-order chi connectivity index (χ1) is 9.57. The van der Waals surface area contributed by atoms with Crippen LogP contribution in [0.5, 0.6) is 0 Å². The summed E-state index contributed by atoms with van der Waals surface area (Å²) in [5.41, 5.74) is 2.27. The Kier molecular flexibility index (Phi) is 3.81. The predicted octanol–water partition coefficient (Wildman–Crippen LogP) is 1.09. The van der Waals surface area contributed by atoms with Crippen molar-refractivity contribution in [1.82, 2.24) is 9.62 Å². The number of nitrogens with zero attached hydrogens (tertiary/aromatic N) is 1. The van der Waals surface area contributed by atoms with Crippen molar-refractivity contribution >= 4 is 10.0 Å². The van der Waals surface area contributed by atoms with Gasteiger partial charge in [0, 0.05) is 33.3 Å². The maximum atomic E-state index is 12.6. The lowest BCUT2D eigenvalue weighted by atomic mass is 10.1. The molecule has 0 saturated carbocycles. The number of hydrogen-bond donors (Lipinski definition) is 1. The maximum Gasteiger partial charge on any atom is 0.242 e. The molecular weight excluding hydrogens is 276 g/mol. The van der Waals surface area contributed by atoms with Crippen LogP contribution < -0.4 is 5.32 Å². The van der Waals surface area contributed by atoms with Gasteiger partial charge in [-0.3, -0.25) is 0 Å². The van der Waals surface area contributed by atoms with Gasteiger partial charge in [-0.05, 0) is 36.1 Å². The van der Waals surface area contributed by atoms with Crippen molar-refractivity contribution in [2.75, 3.05) is 20.2 Å². The van der Waals surface area contributed by atoms with Gasteiger partial charge in [-0.1, -0.05) is 6.07 Å². The third-order valence-corrected chi connectivity index (χ3v) is 5.82. The number of hydrogen-bond acceptors (Lipinski definition) is 4. The molecule has 0 aliphatic carbocycles. The number of nitrogens with one attached hydrogen (secondary N) is 1. The van der Waals surface area contributed by atoms with Crippen LogP contribution in [0.4, 0.5) is 0 Å². The van der Waals surface area contributed by atoms with Gasteiger partial charge in [0.1, 0.15) is 0 Å². The van der Waals surface area contributed by atoms with E-state index >= 15 is 0 Å². The summed E-state index contributed by atoms with van der Waals surface area (Å²) < 4.78 is 32.1. The second-order valence-electron chi connectivity index (χ2n) is 5.45. The van der Waals surface area contributed by atoms with Gasteiger partial charge < -0.3 is 10.1 Å². The Morgan fingerprint density at radius 3 is 2.90 bits per heavy atom. The van der Waals surface area contributed by atoms with Crippen molar-refractivity contribution in [1.29, 1.82) is 0 Å². The fraction of sp³-hybridized carbons (Fsp3) is 0.571. The lowest BCUT2D eigenvalue weighted by Crippen LogP contribution is -2.34. The van der Waals surface area contributed by atoms with Crippen molar-refractivity contribution < 1.29 is 13.2 Å². The van der Waals surface area contributed by atoms with Gasteiger partial charge in [-0.2, -0.15) is 4.31 Å². The average molecular weight is 296 g/mol. The molecule has 1 aromatic rings. The topological polar surface area (TPSA) is 58.6 Å².